The number of likely N-dealkylation sites (N-methyl/N-ethyl adjacent to an activating group) is 1. The van der Waals surface area contributed by atoms with Crippen molar-refractivity contribution in [1.82, 2.24) is 14.5 Å². The standard InChI is InChI=1S/C29H34Cl2N4O4S/c1-20-14-15-21(2)26(16-20)35(40(38,39)33(4)5)19-28(36)34(18-23-24(30)12-9-13-25(23)31)27(29(37)32-3)17-22-10-7-6-8-11-22/h6-16,27H,17-19H2,1-5H3,(H,32,37)/t27-/m1/s1. The number of carbonyl (C=O) groups is 2. The molecule has 3 rings (SSSR count). The van der Waals surface area contributed by atoms with E-state index in [-0.39, 0.29) is 13.0 Å². The summed E-state index contributed by atoms with van der Waals surface area (Å²) in [6.45, 7) is 2.97. The lowest BCUT2D eigenvalue weighted by Gasteiger charge is -2.35. The first-order valence-corrected chi connectivity index (χ1v) is 14.8. The third-order valence-corrected chi connectivity index (χ3v) is 9.07. The Morgan fingerprint density at radius 3 is 2.12 bits per heavy atom. The number of rotatable bonds is 11. The molecule has 1 N–H and O–H groups in total. The summed E-state index contributed by atoms with van der Waals surface area (Å²) in [5.74, 6) is -0.999. The second-order valence-corrected chi connectivity index (χ2v) is 12.5. The van der Waals surface area contributed by atoms with E-state index in [4.69, 9.17) is 23.2 Å². The average molecular weight is 606 g/mol. The molecule has 0 saturated carbocycles. The molecule has 3 aromatic carbocycles. The molecule has 0 saturated heterocycles. The van der Waals surface area contributed by atoms with Gasteiger partial charge in [-0.15, -0.1) is 0 Å². The zero-order chi connectivity index (χ0) is 29.6. The van der Waals surface area contributed by atoms with Crippen molar-refractivity contribution in [2.45, 2.75) is 32.9 Å². The summed E-state index contributed by atoms with van der Waals surface area (Å²) in [5.41, 5.74) is 3.16. The van der Waals surface area contributed by atoms with Crippen LogP contribution in [0.4, 0.5) is 5.69 Å². The van der Waals surface area contributed by atoms with Crippen molar-refractivity contribution in [2.24, 2.45) is 0 Å². The first-order valence-electron chi connectivity index (χ1n) is 12.6. The van der Waals surface area contributed by atoms with E-state index in [0.717, 1.165) is 19.7 Å². The van der Waals surface area contributed by atoms with E-state index in [1.807, 2.05) is 43.3 Å². The van der Waals surface area contributed by atoms with Gasteiger partial charge in [0, 0.05) is 49.7 Å². The van der Waals surface area contributed by atoms with Crippen LogP contribution in [0.1, 0.15) is 22.3 Å². The van der Waals surface area contributed by atoms with E-state index in [1.54, 1.807) is 37.3 Å². The van der Waals surface area contributed by atoms with Crippen molar-refractivity contribution in [3.63, 3.8) is 0 Å². The van der Waals surface area contributed by atoms with Gasteiger partial charge < -0.3 is 10.2 Å². The zero-order valence-electron chi connectivity index (χ0n) is 23.2. The molecule has 8 nitrogen and oxygen atoms in total. The predicted molar refractivity (Wildman–Crippen MR) is 161 cm³/mol. The van der Waals surface area contributed by atoms with E-state index in [1.165, 1.54) is 26.0 Å². The molecule has 40 heavy (non-hydrogen) atoms. The van der Waals surface area contributed by atoms with Crippen LogP contribution in [-0.4, -0.2) is 63.2 Å². The van der Waals surface area contributed by atoms with Crippen LogP contribution in [0.25, 0.3) is 0 Å². The Morgan fingerprint density at radius 1 is 0.925 bits per heavy atom. The highest BCUT2D eigenvalue weighted by atomic mass is 35.5. The molecule has 0 aromatic heterocycles. The Morgan fingerprint density at radius 2 is 1.55 bits per heavy atom. The first-order chi connectivity index (χ1) is 18.9. The lowest BCUT2D eigenvalue weighted by Crippen LogP contribution is -2.54. The fourth-order valence-electron chi connectivity index (χ4n) is 4.26. The van der Waals surface area contributed by atoms with Crippen molar-refractivity contribution in [3.05, 3.63) is 99.0 Å². The van der Waals surface area contributed by atoms with Crippen LogP contribution < -0.4 is 9.62 Å². The predicted octanol–water partition coefficient (Wildman–Crippen LogP) is 4.61. The molecule has 0 aliphatic carbocycles. The minimum Gasteiger partial charge on any atom is -0.357 e. The molecule has 11 heteroatoms. The first kappa shape index (κ1) is 31.4. The van der Waals surface area contributed by atoms with Crippen LogP contribution >= 0.6 is 23.2 Å². The number of aryl methyl sites for hydroxylation is 2. The smallest absolute Gasteiger partial charge is 0.304 e. The maximum absolute atomic E-state index is 14.2. The van der Waals surface area contributed by atoms with Crippen LogP contribution in [0.3, 0.4) is 0 Å². The van der Waals surface area contributed by atoms with Gasteiger partial charge in [0.05, 0.1) is 5.69 Å². The van der Waals surface area contributed by atoms with Gasteiger partial charge in [-0.1, -0.05) is 71.7 Å². The fourth-order valence-corrected chi connectivity index (χ4v) is 5.89. The SMILES string of the molecule is CNC(=O)[C@@H](Cc1ccccc1)N(Cc1c(Cl)cccc1Cl)C(=O)CN(c1cc(C)ccc1C)S(=O)(=O)N(C)C. The van der Waals surface area contributed by atoms with E-state index >= 15 is 0 Å². The molecule has 3 aromatic rings. The molecule has 214 valence electrons. The van der Waals surface area contributed by atoms with Gasteiger partial charge in [0.2, 0.25) is 11.8 Å². The third-order valence-electron chi connectivity index (χ3n) is 6.56. The van der Waals surface area contributed by atoms with Crippen molar-refractivity contribution < 1.29 is 18.0 Å². The number of benzene rings is 3. The maximum atomic E-state index is 14.2. The Hall–Kier alpha value is -3.11. The topological polar surface area (TPSA) is 90.0 Å². The average Bonchev–Trinajstić information content (AvgIpc) is 2.92. The number of nitrogens with one attached hydrogen (secondary N) is 1. The molecule has 1 atom stereocenters. The number of hydrogen-bond donors (Lipinski definition) is 1. The largest absolute Gasteiger partial charge is 0.357 e. The van der Waals surface area contributed by atoms with Gasteiger partial charge in [0.25, 0.3) is 0 Å². The Kier molecular flexibility index (Phi) is 10.6. The molecular formula is C29H34Cl2N4O4S. The molecule has 2 amide bonds. The van der Waals surface area contributed by atoms with E-state index in [0.29, 0.717) is 26.9 Å². The van der Waals surface area contributed by atoms with Crippen molar-refractivity contribution in [2.75, 3.05) is 32.0 Å². The minimum atomic E-state index is -4.09. The van der Waals surface area contributed by atoms with Gasteiger partial charge in [-0.3, -0.25) is 9.59 Å². The third kappa shape index (κ3) is 7.34. The Bertz CT molecular complexity index is 1450. The molecule has 0 aliphatic heterocycles. The van der Waals surface area contributed by atoms with Crippen LogP contribution in [0.5, 0.6) is 0 Å². The lowest BCUT2D eigenvalue weighted by atomic mass is 10.0. The number of anilines is 1. The number of hydrogen-bond acceptors (Lipinski definition) is 4. The van der Waals surface area contributed by atoms with Crippen LogP contribution in [0.2, 0.25) is 10.0 Å². The quantitative estimate of drug-likeness (QED) is 0.346. The van der Waals surface area contributed by atoms with Crippen molar-refractivity contribution >= 4 is 50.9 Å². The molecule has 0 heterocycles. The minimum absolute atomic E-state index is 0.106. The Balaban J connectivity index is 2.15. The lowest BCUT2D eigenvalue weighted by molar-refractivity contribution is -0.139. The number of carbonyl (C=O) groups excluding carboxylic acids is 2. The second-order valence-electron chi connectivity index (χ2n) is 9.63. The van der Waals surface area contributed by atoms with Gasteiger partial charge in [0.15, 0.2) is 0 Å². The summed E-state index contributed by atoms with van der Waals surface area (Å²) in [7, 11) is 0.207. The van der Waals surface area contributed by atoms with Crippen molar-refractivity contribution in [1.29, 1.82) is 0 Å². The van der Waals surface area contributed by atoms with Crippen LogP contribution in [0, 0.1) is 13.8 Å². The van der Waals surface area contributed by atoms with E-state index in [9.17, 15) is 18.0 Å². The summed E-state index contributed by atoms with van der Waals surface area (Å²) in [6, 6.07) is 18.7. The highest BCUT2D eigenvalue weighted by molar-refractivity contribution is 7.90. The van der Waals surface area contributed by atoms with Crippen molar-refractivity contribution in [3.8, 4) is 0 Å². The van der Waals surface area contributed by atoms with Gasteiger partial charge in [-0.2, -0.15) is 12.7 Å². The molecule has 0 fully saturated rings. The zero-order valence-corrected chi connectivity index (χ0v) is 25.5. The molecule has 0 aliphatic rings. The molecule has 0 bridgehead atoms. The molecule has 0 spiro atoms. The summed E-state index contributed by atoms with van der Waals surface area (Å²) in [4.78, 5) is 28.8. The maximum Gasteiger partial charge on any atom is 0.304 e. The van der Waals surface area contributed by atoms with Gasteiger partial charge in [-0.25, -0.2) is 4.31 Å². The van der Waals surface area contributed by atoms with Gasteiger partial charge in [0.1, 0.15) is 12.6 Å². The van der Waals surface area contributed by atoms with Gasteiger partial charge >= 0.3 is 10.2 Å². The summed E-state index contributed by atoms with van der Waals surface area (Å²) >= 11 is 12.9. The summed E-state index contributed by atoms with van der Waals surface area (Å²) < 4.78 is 29.2. The monoisotopic (exact) mass is 604 g/mol. The highest BCUT2D eigenvalue weighted by Crippen LogP contribution is 2.29. The molecule has 0 radical (unpaired) electrons. The highest BCUT2D eigenvalue weighted by Gasteiger charge is 2.35. The fraction of sp³-hybridized carbons (Fsp3) is 0.310. The van der Waals surface area contributed by atoms with Gasteiger partial charge in [-0.05, 0) is 48.7 Å². The van der Waals surface area contributed by atoms with Crippen LogP contribution in [-0.2, 0) is 32.8 Å². The number of nitrogens with zero attached hydrogens (tertiary/aromatic N) is 3. The summed E-state index contributed by atoms with van der Waals surface area (Å²) in [5, 5.41) is 3.30. The number of amides is 2. The molecule has 0 unspecified atom stereocenters. The van der Waals surface area contributed by atoms with Crippen LogP contribution in [0.15, 0.2) is 66.7 Å². The normalized spacial score (nSPS) is 12.2. The van der Waals surface area contributed by atoms with E-state index < -0.39 is 34.6 Å². The Labute approximate surface area is 246 Å². The summed E-state index contributed by atoms with van der Waals surface area (Å²) in [6.07, 6.45) is 0.193. The number of halogens is 2. The second kappa shape index (κ2) is 13.5. The molecular weight excluding hydrogens is 571 g/mol. The van der Waals surface area contributed by atoms with E-state index in [2.05, 4.69) is 5.32 Å².